The molecule has 0 bridgehead atoms. The zero-order valence-electron chi connectivity index (χ0n) is 14.9. The van der Waals surface area contributed by atoms with E-state index in [9.17, 15) is 18.0 Å². The molecule has 1 unspecified atom stereocenters. The van der Waals surface area contributed by atoms with Gasteiger partial charge in [0.1, 0.15) is 6.04 Å². The molecule has 2 aromatic rings. The van der Waals surface area contributed by atoms with Crippen LogP contribution in [0.25, 0.3) is 0 Å². The molecular formula is C19H19ClN2O4S. The summed E-state index contributed by atoms with van der Waals surface area (Å²) in [5, 5.41) is 3.14. The van der Waals surface area contributed by atoms with Crippen LogP contribution in [0.2, 0.25) is 5.02 Å². The minimum Gasteiger partial charge on any atom is -0.324 e. The Hall–Kier alpha value is -2.38. The number of aryl methyl sites for hydroxylation is 2. The molecule has 6 nitrogen and oxygen atoms in total. The van der Waals surface area contributed by atoms with Crippen molar-refractivity contribution in [3.05, 3.63) is 58.6 Å². The molecule has 2 amide bonds. The number of halogens is 1. The molecule has 1 aliphatic rings. The predicted molar refractivity (Wildman–Crippen MR) is 103 cm³/mol. The van der Waals surface area contributed by atoms with Crippen LogP contribution in [0, 0.1) is 13.8 Å². The van der Waals surface area contributed by atoms with Gasteiger partial charge in [0.25, 0.3) is 10.0 Å². The van der Waals surface area contributed by atoms with E-state index in [1.54, 1.807) is 30.3 Å². The third-order valence-electron chi connectivity index (χ3n) is 4.48. The van der Waals surface area contributed by atoms with Crippen molar-refractivity contribution in [2.75, 3.05) is 5.32 Å². The largest absolute Gasteiger partial charge is 0.324 e. The van der Waals surface area contributed by atoms with Crippen LogP contribution in [0.15, 0.2) is 47.4 Å². The highest BCUT2D eigenvalue weighted by molar-refractivity contribution is 7.89. The fourth-order valence-corrected chi connectivity index (χ4v) is 4.70. The summed E-state index contributed by atoms with van der Waals surface area (Å²) in [5.74, 6) is -1.14. The van der Waals surface area contributed by atoms with E-state index in [0.717, 1.165) is 11.1 Å². The second-order valence-electron chi connectivity index (χ2n) is 6.52. The van der Waals surface area contributed by atoms with Crippen LogP contribution in [-0.2, 0) is 19.6 Å². The average molecular weight is 407 g/mol. The number of anilines is 1. The summed E-state index contributed by atoms with van der Waals surface area (Å²) < 4.78 is 26.5. The van der Waals surface area contributed by atoms with Gasteiger partial charge in [-0.1, -0.05) is 35.4 Å². The maximum Gasteiger partial charge on any atom is 0.267 e. The zero-order chi connectivity index (χ0) is 19.8. The van der Waals surface area contributed by atoms with Crippen molar-refractivity contribution in [3.63, 3.8) is 0 Å². The molecule has 1 saturated heterocycles. The summed E-state index contributed by atoms with van der Waals surface area (Å²) in [6, 6.07) is 10.1. The minimum absolute atomic E-state index is 0.00215. The molecule has 3 rings (SSSR count). The third-order valence-corrected chi connectivity index (χ3v) is 6.73. The highest BCUT2D eigenvalue weighted by Gasteiger charge is 2.44. The number of nitrogens with one attached hydrogen (secondary N) is 1. The van der Waals surface area contributed by atoms with Gasteiger partial charge in [-0.15, -0.1) is 0 Å². The van der Waals surface area contributed by atoms with E-state index in [1.807, 2.05) is 13.8 Å². The van der Waals surface area contributed by atoms with Crippen LogP contribution in [-0.4, -0.2) is 30.6 Å². The number of sulfonamides is 1. The van der Waals surface area contributed by atoms with Gasteiger partial charge in [-0.3, -0.25) is 9.59 Å². The van der Waals surface area contributed by atoms with E-state index in [4.69, 9.17) is 11.6 Å². The lowest BCUT2D eigenvalue weighted by atomic mass is 10.2. The SMILES string of the molecule is Cc1ccc(S(=O)(=O)N2C(=O)CCC2C(=O)Nc2ccc(C)c(Cl)c2)cc1. The molecule has 0 saturated carbocycles. The van der Waals surface area contributed by atoms with E-state index in [0.29, 0.717) is 15.0 Å². The van der Waals surface area contributed by atoms with Crippen molar-refractivity contribution in [3.8, 4) is 0 Å². The number of nitrogens with zero attached hydrogens (tertiary/aromatic N) is 1. The van der Waals surface area contributed by atoms with Gasteiger partial charge in [0, 0.05) is 17.1 Å². The Bertz CT molecular complexity index is 1000. The second-order valence-corrected chi connectivity index (χ2v) is 8.74. The number of amides is 2. The third kappa shape index (κ3) is 3.84. The maximum absolute atomic E-state index is 12.9. The van der Waals surface area contributed by atoms with Gasteiger partial charge in [-0.05, 0) is 50.1 Å². The molecule has 8 heteroatoms. The van der Waals surface area contributed by atoms with Gasteiger partial charge >= 0.3 is 0 Å². The first-order valence-electron chi connectivity index (χ1n) is 8.41. The van der Waals surface area contributed by atoms with E-state index in [-0.39, 0.29) is 17.7 Å². The smallest absolute Gasteiger partial charge is 0.267 e. The van der Waals surface area contributed by atoms with Crippen LogP contribution in [0.5, 0.6) is 0 Å². The summed E-state index contributed by atoms with van der Waals surface area (Å²) >= 11 is 6.06. The normalized spacial score (nSPS) is 17.2. The lowest BCUT2D eigenvalue weighted by Gasteiger charge is -2.24. The fourth-order valence-electron chi connectivity index (χ4n) is 2.92. The zero-order valence-corrected chi connectivity index (χ0v) is 16.5. The number of hydrogen-bond donors (Lipinski definition) is 1. The van der Waals surface area contributed by atoms with Gasteiger partial charge in [-0.2, -0.15) is 0 Å². The number of carbonyl (C=O) groups is 2. The Morgan fingerprint density at radius 3 is 2.44 bits per heavy atom. The average Bonchev–Trinajstić information content (AvgIpc) is 3.01. The van der Waals surface area contributed by atoms with Gasteiger partial charge in [-0.25, -0.2) is 12.7 Å². The van der Waals surface area contributed by atoms with Crippen molar-refractivity contribution < 1.29 is 18.0 Å². The molecule has 1 N–H and O–H groups in total. The Morgan fingerprint density at radius 2 is 1.81 bits per heavy atom. The second kappa shape index (κ2) is 7.32. The molecule has 1 atom stereocenters. The van der Waals surface area contributed by atoms with Crippen LogP contribution in [0.1, 0.15) is 24.0 Å². The summed E-state index contributed by atoms with van der Waals surface area (Å²) in [6.07, 6.45) is 0.132. The summed E-state index contributed by atoms with van der Waals surface area (Å²) in [6.45, 7) is 3.67. The van der Waals surface area contributed by atoms with E-state index in [2.05, 4.69) is 5.32 Å². The Balaban J connectivity index is 1.88. The molecule has 1 heterocycles. The summed E-state index contributed by atoms with van der Waals surface area (Å²) in [4.78, 5) is 24.9. The van der Waals surface area contributed by atoms with Gasteiger partial charge < -0.3 is 5.32 Å². The molecule has 0 aliphatic carbocycles. The standard InChI is InChI=1S/C19H19ClN2O4S/c1-12-3-7-15(8-4-12)27(25,26)22-17(9-10-18(22)23)19(24)21-14-6-5-13(2)16(20)11-14/h3-8,11,17H,9-10H2,1-2H3,(H,21,24). The van der Waals surface area contributed by atoms with Crippen LogP contribution < -0.4 is 5.32 Å². The molecule has 27 heavy (non-hydrogen) atoms. The van der Waals surface area contributed by atoms with Crippen LogP contribution in [0.3, 0.4) is 0 Å². The lowest BCUT2D eigenvalue weighted by Crippen LogP contribution is -2.45. The van der Waals surface area contributed by atoms with E-state index < -0.39 is 27.9 Å². The van der Waals surface area contributed by atoms with Gasteiger partial charge in [0.2, 0.25) is 11.8 Å². The van der Waals surface area contributed by atoms with Crippen molar-refractivity contribution in [1.82, 2.24) is 4.31 Å². The van der Waals surface area contributed by atoms with Crippen molar-refractivity contribution >= 4 is 39.1 Å². The predicted octanol–water partition coefficient (Wildman–Crippen LogP) is 3.28. The van der Waals surface area contributed by atoms with Gasteiger partial charge in [0.05, 0.1) is 4.90 Å². The number of rotatable bonds is 4. The highest BCUT2D eigenvalue weighted by Crippen LogP contribution is 2.29. The Kier molecular flexibility index (Phi) is 5.26. The molecule has 0 spiro atoms. The number of hydrogen-bond acceptors (Lipinski definition) is 4. The Morgan fingerprint density at radius 1 is 1.15 bits per heavy atom. The first kappa shape index (κ1) is 19.4. The van der Waals surface area contributed by atoms with Gasteiger partial charge in [0.15, 0.2) is 0 Å². The molecule has 142 valence electrons. The first-order valence-corrected chi connectivity index (χ1v) is 10.2. The maximum atomic E-state index is 12.9. The fraction of sp³-hybridized carbons (Fsp3) is 0.263. The van der Waals surface area contributed by atoms with Crippen molar-refractivity contribution in [2.45, 2.75) is 37.6 Å². The van der Waals surface area contributed by atoms with Crippen molar-refractivity contribution in [1.29, 1.82) is 0 Å². The Labute approximate surface area is 163 Å². The molecule has 0 radical (unpaired) electrons. The summed E-state index contributed by atoms with van der Waals surface area (Å²) in [7, 11) is -4.11. The topological polar surface area (TPSA) is 83.6 Å². The van der Waals surface area contributed by atoms with Crippen LogP contribution in [0.4, 0.5) is 5.69 Å². The van der Waals surface area contributed by atoms with E-state index in [1.165, 1.54) is 12.1 Å². The molecule has 2 aromatic carbocycles. The lowest BCUT2D eigenvalue weighted by molar-refractivity contribution is -0.128. The number of benzene rings is 2. The molecule has 1 fully saturated rings. The molecular weight excluding hydrogens is 388 g/mol. The molecule has 1 aliphatic heterocycles. The first-order chi connectivity index (χ1) is 12.7. The monoisotopic (exact) mass is 406 g/mol. The summed E-state index contributed by atoms with van der Waals surface area (Å²) in [5.41, 5.74) is 2.20. The quantitative estimate of drug-likeness (QED) is 0.844. The van der Waals surface area contributed by atoms with Crippen LogP contribution >= 0.6 is 11.6 Å². The number of carbonyl (C=O) groups excluding carboxylic acids is 2. The van der Waals surface area contributed by atoms with E-state index >= 15 is 0 Å². The highest BCUT2D eigenvalue weighted by atomic mass is 35.5. The minimum atomic E-state index is -4.11. The molecule has 0 aromatic heterocycles. The van der Waals surface area contributed by atoms with Crippen molar-refractivity contribution in [2.24, 2.45) is 0 Å².